The second-order valence-electron chi connectivity index (χ2n) is 6.88. The second kappa shape index (κ2) is 8.91. The third kappa shape index (κ3) is 4.42. The summed E-state index contributed by atoms with van der Waals surface area (Å²) in [5, 5.41) is 3.37. The summed E-state index contributed by atoms with van der Waals surface area (Å²) in [4.78, 5) is 14.6. The summed E-state index contributed by atoms with van der Waals surface area (Å²) < 4.78 is 10.6. The summed E-state index contributed by atoms with van der Waals surface area (Å²) >= 11 is 0. The van der Waals surface area contributed by atoms with Gasteiger partial charge >= 0.3 is 0 Å². The van der Waals surface area contributed by atoms with E-state index in [1.54, 1.807) is 14.2 Å². The highest BCUT2D eigenvalue weighted by molar-refractivity contribution is 5.96. The summed E-state index contributed by atoms with van der Waals surface area (Å²) in [5.41, 5.74) is 3.51. The van der Waals surface area contributed by atoms with Crippen LogP contribution in [-0.2, 0) is 17.6 Å². The van der Waals surface area contributed by atoms with E-state index < -0.39 is 0 Å². The summed E-state index contributed by atoms with van der Waals surface area (Å²) in [6, 6.07) is 14.4. The van der Waals surface area contributed by atoms with Crippen LogP contribution in [0.15, 0.2) is 42.5 Å². The van der Waals surface area contributed by atoms with Crippen molar-refractivity contribution in [2.75, 3.05) is 32.2 Å². The fourth-order valence-electron chi connectivity index (χ4n) is 3.66. The highest BCUT2D eigenvalue weighted by Crippen LogP contribution is 2.32. The third-order valence-electron chi connectivity index (χ3n) is 5.03. The van der Waals surface area contributed by atoms with Gasteiger partial charge in [-0.25, -0.2) is 0 Å². The molecule has 0 radical (unpaired) electrons. The minimum atomic E-state index is 0.186. The molecule has 1 aliphatic rings. The quantitative estimate of drug-likeness (QED) is 0.727. The van der Waals surface area contributed by atoms with Gasteiger partial charge in [0.05, 0.1) is 14.2 Å². The smallest absolute Gasteiger partial charge is 0.228 e. The van der Waals surface area contributed by atoms with Gasteiger partial charge in [-0.05, 0) is 55.6 Å². The van der Waals surface area contributed by atoms with E-state index in [4.69, 9.17) is 9.47 Å². The Kier molecular flexibility index (Phi) is 6.35. The Morgan fingerprint density at radius 3 is 2.67 bits per heavy atom. The largest absolute Gasteiger partial charge is 0.493 e. The Hall–Kier alpha value is -2.53. The second-order valence-corrected chi connectivity index (χ2v) is 6.88. The topological polar surface area (TPSA) is 50.8 Å². The van der Waals surface area contributed by atoms with E-state index in [0.717, 1.165) is 36.6 Å². The number of carbonyl (C=O) groups excluding carboxylic acids is 1. The minimum Gasteiger partial charge on any atom is -0.493 e. The van der Waals surface area contributed by atoms with E-state index in [0.29, 0.717) is 13.0 Å². The fraction of sp³-hybridized carbons (Fsp3) is 0.409. The summed E-state index contributed by atoms with van der Waals surface area (Å²) in [7, 11) is 3.28. The number of benzene rings is 2. The van der Waals surface area contributed by atoms with Gasteiger partial charge in [0.2, 0.25) is 5.91 Å². The van der Waals surface area contributed by atoms with Crippen LogP contribution < -0.4 is 19.7 Å². The van der Waals surface area contributed by atoms with Gasteiger partial charge in [0.15, 0.2) is 11.5 Å². The molecule has 0 bridgehead atoms. The van der Waals surface area contributed by atoms with E-state index in [9.17, 15) is 4.79 Å². The lowest BCUT2D eigenvalue weighted by molar-refractivity contribution is -0.118. The summed E-state index contributed by atoms with van der Waals surface area (Å²) in [6.07, 6.45) is 2.32. The highest BCUT2D eigenvalue weighted by Gasteiger charge is 2.29. The van der Waals surface area contributed by atoms with Gasteiger partial charge in [0, 0.05) is 24.7 Å². The number of methoxy groups -OCH3 is 2. The van der Waals surface area contributed by atoms with Crippen LogP contribution in [-0.4, -0.2) is 39.3 Å². The molecule has 1 aliphatic heterocycles. The first-order chi connectivity index (χ1) is 13.1. The predicted octanol–water partition coefficient (Wildman–Crippen LogP) is 3.20. The number of nitrogens with zero attached hydrogens (tertiary/aromatic N) is 1. The first-order valence-corrected chi connectivity index (χ1v) is 9.45. The normalized spacial score (nSPS) is 15.5. The first-order valence-electron chi connectivity index (χ1n) is 9.45. The molecule has 0 saturated heterocycles. The molecule has 0 spiro atoms. The van der Waals surface area contributed by atoms with Crippen molar-refractivity contribution < 1.29 is 14.3 Å². The van der Waals surface area contributed by atoms with Gasteiger partial charge in [-0.3, -0.25) is 4.79 Å². The Labute approximate surface area is 161 Å². The lowest BCUT2D eigenvalue weighted by atomic mass is 10.1. The molecule has 5 nitrogen and oxygen atoms in total. The molecule has 27 heavy (non-hydrogen) atoms. The fourth-order valence-corrected chi connectivity index (χ4v) is 3.66. The molecule has 5 heteroatoms. The Bertz CT molecular complexity index is 791. The van der Waals surface area contributed by atoms with Crippen molar-refractivity contribution in [1.82, 2.24) is 5.32 Å². The van der Waals surface area contributed by atoms with Crippen LogP contribution >= 0.6 is 0 Å². The maximum absolute atomic E-state index is 12.7. The molecule has 1 atom stereocenters. The zero-order chi connectivity index (χ0) is 19.2. The number of para-hydroxylation sites is 1. The molecule has 1 heterocycles. The van der Waals surface area contributed by atoms with Crippen molar-refractivity contribution in [3.63, 3.8) is 0 Å². The number of nitrogens with one attached hydrogen (secondary N) is 1. The molecular weight excluding hydrogens is 340 g/mol. The van der Waals surface area contributed by atoms with Crippen molar-refractivity contribution in [2.45, 2.75) is 32.2 Å². The average Bonchev–Trinajstić information content (AvgIpc) is 3.03. The lowest BCUT2D eigenvalue weighted by Gasteiger charge is -2.22. The van der Waals surface area contributed by atoms with Crippen LogP contribution in [0.25, 0.3) is 0 Å². The van der Waals surface area contributed by atoms with E-state index in [1.807, 2.05) is 41.3 Å². The number of carbonyl (C=O) groups is 1. The maximum atomic E-state index is 12.7. The van der Waals surface area contributed by atoms with Crippen molar-refractivity contribution in [2.24, 2.45) is 0 Å². The monoisotopic (exact) mass is 368 g/mol. The van der Waals surface area contributed by atoms with Crippen LogP contribution in [0.2, 0.25) is 0 Å². The molecule has 3 rings (SSSR count). The van der Waals surface area contributed by atoms with Crippen molar-refractivity contribution >= 4 is 11.6 Å². The molecule has 0 fully saturated rings. The number of anilines is 1. The van der Waals surface area contributed by atoms with E-state index >= 15 is 0 Å². The van der Waals surface area contributed by atoms with Gasteiger partial charge in [-0.15, -0.1) is 0 Å². The highest BCUT2D eigenvalue weighted by atomic mass is 16.5. The average molecular weight is 368 g/mol. The van der Waals surface area contributed by atoms with Crippen LogP contribution in [0.4, 0.5) is 5.69 Å². The SMILES string of the molecule is COc1ccc(CCNCCC(=O)N2c3ccccc3CC2C)cc1OC. The number of rotatable bonds is 8. The van der Waals surface area contributed by atoms with Gasteiger partial charge in [0.25, 0.3) is 0 Å². The maximum Gasteiger partial charge on any atom is 0.228 e. The summed E-state index contributed by atoms with van der Waals surface area (Å²) in [5.74, 6) is 1.66. The lowest BCUT2D eigenvalue weighted by Crippen LogP contribution is -2.37. The molecule has 0 saturated carbocycles. The molecule has 1 amide bonds. The van der Waals surface area contributed by atoms with Crippen LogP contribution in [0.1, 0.15) is 24.5 Å². The van der Waals surface area contributed by atoms with Crippen LogP contribution in [0.5, 0.6) is 11.5 Å². The van der Waals surface area contributed by atoms with Gasteiger partial charge in [-0.1, -0.05) is 24.3 Å². The van der Waals surface area contributed by atoms with E-state index in [-0.39, 0.29) is 11.9 Å². The molecular formula is C22H28N2O3. The first kappa shape index (κ1) is 19.2. The zero-order valence-corrected chi connectivity index (χ0v) is 16.3. The Morgan fingerprint density at radius 1 is 1.11 bits per heavy atom. The third-order valence-corrected chi connectivity index (χ3v) is 5.03. The van der Waals surface area contributed by atoms with Gasteiger partial charge in [-0.2, -0.15) is 0 Å². The van der Waals surface area contributed by atoms with Gasteiger partial charge < -0.3 is 19.7 Å². The molecule has 1 unspecified atom stereocenters. The molecule has 0 aliphatic carbocycles. The molecule has 1 N–H and O–H groups in total. The van der Waals surface area contributed by atoms with Crippen molar-refractivity contribution in [1.29, 1.82) is 0 Å². The van der Waals surface area contributed by atoms with Gasteiger partial charge in [0.1, 0.15) is 0 Å². The Morgan fingerprint density at radius 2 is 1.89 bits per heavy atom. The zero-order valence-electron chi connectivity index (χ0n) is 16.3. The minimum absolute atomic E-state index is 0.186. The standard InChI is InChI=1S/C22H28N2O3/c1-16-14-18-6-4-5-7-19(18)24(16)22(25)11-13-23-12-10-17-8-9-20(26-2)21(15-17)27-3/h4-9,15-16,23H,10-14H2,1-3H3. The molecule has 0 aromatic heterocycles. The molecule has 144 valence electrons. The Balaban J connectivity index is 1.45. The van der Waals surface area contributed by atoms with E-state index in [2.05, 4.69) is 18.3 Å². The number of amides is 1. The van der Waals surface area contributed by atoms with E-state index in [1.165, 1.54) is 11.1 Å². The van der Waals surface area contributed by atoms with Crippen molar-refractivity contribution in [3.8, 4) is 11.5 Å². The van der Waals surface area contributed by atoms with Crippen molar-refractivity contribution in [3.05, 3.63) is 53.6 Å². The number of hydrogen-bond donors (Lipinski definition) is 1. The number of ether oxygens (including phenoxy) is 2. The number of fused-ring (bicyclic) bond motifs is 1. The van der Waals surface area contributed by atoms with Crippen LogP contribution in [0, 0.1) is 0 Å². The summed E-state index contributed by atoms with van der Waals surface area (Å²) in [6.45, 7) is 3.61. The predicted molar refractivity (Wildman–Crippen MR) is 108 cm³/mol. The van der Waals surface area contributed by atoms with Crippen LogP contribution in [0.3, 0.4) is 0 Å². The molecule has 2 aromatic rings. The number of hydrogen-bond acceptors (Lipinski definition) is 4. The molecule has 2 aromatic carbocycles.